The maximum absolute atomic E-state index is 6.36. The van der Waals surface area contributed by atoms with Crippen molar-refractivity contribution >= 4 is 11.3 Å². The molecule has 3 nitrogen and oxygen atoms in total. The molecule has 2 aliphatic carbocycles. The topological polar surface area (TPSA) is 43.8 Å². The number of thiazole rings is 1. The molecule has 20 heavy (non-hydrogen) atoms. The third-order valence-electron chi connectivity index (χ3n) is 4.64. The molecule has 0 spiro atoms. The Bertz CT molecular complexity index is 644. The van der Waals surface area contributed by atoms with Crippen molar-refractivity contribution in [2.75, 3.05) is 0 Å². The van der Waals surface area contributed by atoms with E-state index in [0.717, 1.165) is 24.4 Å². The summed E-state index contributed by atoms with van der Waals surface area (Å²) >= 11 is 1.86. The fraction of sp³-hybridized carbons (Fsp3) is 0.562. The minimum Gasteiger partial charge on any atom is -0.324 e. The summed E-state index contributed by atoms with van der Waals surface area (Å²) in [6, 6.07) is 2.36. The van der Waals surface area contributed by atoms with Crippen LogP contribution in [0.1, 0.15) is 54.6 Å². The van der Waals surface area contributed by atoms with Gasteiger partial charge in [0, 0.05) is 22.8 Å². The molecule has 0 saturated heterocycles. The molecule has 2 aromatic rings. The molecule has 0 radical (unpaired) electrons. The van der Waals surface area contributed by atoms with Crippen LogP contribution >= 0.6 is 11.3 Å². The van der Waals surface area contributed by atoms with Crippen LogP contribution in [-0.2, 0) is 19.3 Å². The summed E-state index contributed by atoms with van der Waals surface area (Å²) in [5.41, 5.74) is 10.7. The monoisotopic (exact) mass is 287 g/mol. The molecule has 0 aromatic carbocycles. The Hall–Kier alpha value is -1.13. The number of rotatable bonds is 1. The van der Waals surface area contributed by atoms with Crippen LogP contribution < -0.4 is 5.73 Å². The predicted octanol–water partition coefficient (Wildman–Crippen LogP) is 3.39. The molecule has 0 saturated carbocycles. The van der Waals surface area contributed by atoms with Gasteiger partial charge in [-0.15, -0.1) is 11.3 Å². The maximum atomic E-state index is 6.36. The van der Waals surface area contributed by atoms with Crippen LogP contribution in [0.3, 0.4) is 0 Å². The largest absolute Gasteiger partial charge is 0.324 e. The Balaban J connectivity index is 1.80. The van der Waals surface area contributed by atoms with Gasteiger partial charge >= 0.3 is 0 Å². The highest BCUT2D eigenvalue weighted by Crippen LogP contribution is 2.41. The minimum atomic E-state index is 0.168. The maximum Gasteiger partial charge on any atom is 0.194 e. The molecule has 1 atom stereocenters. The van der Waals surface area contributed by atoms with Gasteiger partial charge in [0.05, 0.1) is 5.69 Å². The molecule has 106 valence electrons. The van der Waals surface area contributed by atoms with Crippen LogP contribution in [-0.4, -0.2) is 9.55 Å². The van der Waals surface area contributed by atoms with Crippen molar-refractivity contribution in [1.82, 2.24) is 9.55 Å². The number of aryl methyl sites for hydroxylation is 2. The first-order valence-electron chi connectivity index (χ1n) is 7.48. The Morgan fingerprint density at radius 1 is 1.40 bits per heavy atom. The first-order chi connectivity index (χ1) is 9.53. The zero-order chi connectivity index (χ0) is 13.9. The Morgan fingerprint density at radius 3 is 3.05 bits per heavy atom. The average Bonchev–Trinajstić information content (AvgIpc) is 2.97. The van der Waals surface area contributed by atoms with Gasteiger partial charge in [0.25, 0.3) is 0 Å². The van der Waals surface area contributed by atoms with E-state index in [1.165, 1.54) is 34.7 Å². The van der Waals surface area contributed by atoms with Crippen molar-refractivity contribution in [2.24, 2.45) is 11.1 Å². The lowest BCUT2D eigenvalue weighted by molar-refractivity contribution is 0.278. The van der Waals surface area contributed by atoms with Gasteiger partial charge in [-0.3, -0.25) is 4.57 Å². The van der Waals surface area contributed by atoms with Gasteiger partial charge in [-0.1, -0.05) is 13.8 Å². The Labute approximate surface area is 123 Å². The van der Waals surface area contributed by atoms with Crippen molar-refractivity contribution < 1.29 is 0 Å². The lowest BCUT2D eigenvalue weighted by Gasteiger charge is -2.34. The average molecular weight is 287 g/mol. The zero-order valence-corrected chi connectivity index (χ0v) is 13.0. The lowest BCUT2D eigenvalue weighted by atomic mass is 9.75. The summed E-state index contributed by atoms with van der Waals surface area (Å²) in [6.45, 7) is 4.63. The van der Waals surface area contributed by atoms with Crippen LogP contribution in [0.15, 0.2) is 12.3 Å². The second-order valence-corrected chi connectivity index (χ2v) is 8.02. The fourth-order valence-corrected chi connectivity index (χ4v) is 4.85. The van der Waals surface area contributed by atoms with E-state index in [2.05, 4.69) is 30.7 Å². The smallest absolute Gasteiger partial charge is 0.194 e. The molecule has 4 heteroatoms. The number of hydrogen-bond donors (Lipinski definition) is 1. The molecule has 2 aliphatic rings. The van der Waals surface area contributed by atoms with Crippen LogP contribution in [0.2, 0.25) is 0 Å². The van der Waals surface area contributed by atoms with Crippen LogP contribution in [0.25, 0.3) is 5.13 Å². The first kappa shape index (κ1) is 12.6. The van der Waals surface area contributed by atoms with Gasteiger partial charge in [-0.2, -0.15) is 0 Å². The van der Waals surface area contributed by atoms with Crippen molar-refractivity contribution in [2.45, 2.75) is 52.0 Å². The van der Waals surface area contributed by atoms with E-state index in [1.54, 1.807) is 0 Å². The molecule has 0 bridgehead atoms. The molecular formula is C16H21N3S. The number of nitrogens with zero attached hydrogens (tertiary/aromatic N) is 2. The molecule has 1 unspecified atom stereocenters. The Morgan fingerprint density at radius 2 is 2.25 bits per heavy atom. The van der Waals surface area contributed by atoms with Crippen molar-refractivity contribution in [3.8, 4) is 5.13 Å². The molecule has 2 N–H and O–H groups in total. The normalized spacial score (nSPS) is 23.6. The van der Waals surface area contributed by atoms with Crippen LogP contribution in [0.5, 0.6) is 0 Å². The third kappa shape index (κ3) is 1.85. The number of aromatic nitrogens is 2. The van der Waals surface area contributed by atoms with Crippen LogP contribution in [0.4, 0.5) is 0 Å². The van der Waals surface area contributed by atoms with E-state index in [-0.39, 0.29) is 11.5 Å². The van der Waals surface area contributed by atoms with Gasteiger partial charge < -0.3 is 5.73 Å². The highest BCUT2D eigenvalue weighted by molar-refractivity contribution is 7.14. The molecule has 2 heterocycles. The highest BCUT2D eigenvalue weighted by Gasteiger charge is 2.33. The SMILES string of the molecule is CC1(C)Cc2c(ccn2-c2nc3c(s2)CCC3)C(N)C1. The van der Waals surface area contributed by atoms with Crippen LogP contribution in [0, 0.1) is 5.41 Å². The molecule has 0 aliphatic heterocycles. The minimum absolute atomic E-state index is 0.168. The van der Waals surface area contributed by atoms with Crippen molar-refractivity contribution in [3.05, 3.63) is 34.1 Å². The van der Waals surface area contributed by atoms with Gasteiger partial charge in [-0.25, -0.2) is 4.98 Å². The lowest BCUT2D eigenvalue weighted by Crippen LogP contribution is -2.30. The number of nitrogens with two attached hydrogens (primary N) is 1. The summed E-state index contributed by atoms with van der Waals surface area (Å²) in [6.07, 6.45) is 7.96. The molecule has 0 amide bonds. The molecular weight excluding hydrogens is 266 g/mol. The van der Waals surface area contributed by atoms with E-state index in [4.69, 9.17) is 10.7 Å². The molecule has 4 rings (SSSR count). The van der Waals surface area contributed by atoms with E-state index in [1.807, 2.05) is 11.3 Å². The van der Waals surface area contributed by atoms with Gasteiger partial charge in [0.1, 0.15) is 0 Å². The summed E-state index contributed by atoms with van der Waals surface area (Å²) in [5.74, 6) is 0. The standard InChI is InChI=1S/C16H21N3S/c1-16(2)8-11(17)10-6-7-19(13(10)9-16)15-18-12-4-3-5-14(12)20-15/h6-7,11H,3-5,8-9,17H2,1-2H3. The molecule has 2 aromatic heterocycles. The van der Waals surface area contributed by atoms with Gasteiger partial charge in [0.2, 0.25) is 0 Å². The predicted molar refractivity (Wildman–Crippen MR) is 82.5 cm³/mol. The zero-order valence-electron chi connectivity index (χ0n) is 12.1. The van der Waals surface area contributed by atoms with Gasteiger partial charge in [0.15, 0.2) is 5.13 Å². The van der Waals surface area contributed by atoms with Gasteiger partial charge in [-0.05, 0) is 49.1 Å². The van der Waals surface area contributed by atoms with E-state index >= 15 is 0 Å². The summed E-state index contributed by atoms with van der Waals surface area (Å²) in [4.78, 5) is 6.34. The van der Waals surface area contributed by atoms with E-state index in [0.29, 0.717) is 0 Å². The summed E-state index contributed by atoms with van der Waals surface area (Å²) in [7, 11) is 0. The first-order valence-corrected chi connectivity index (χ1v) is 8.30. The second-order valence-electron chi connectivity index (χ2n) is 6.96. The summed E-state index contributed by atoms with van der Waals surface area (Å²) in [5, 5.41) is 1.14. The highest BCUT2D eigenvalue weighted by atomic mass is 32.1. The number of fused-ring (bicyclic) bond motifs is 2. The number of hydrogen-bond acceptors (Lipinski definition) is 3. The quantitative estimate of drug-likeness (QED) is 0.873. The second kappa shape index (κ2) is 4.18. The molecule has 0 fully saturated rings. The van der Waals surface area contributed by atoms with Crippen molar-refractivity contribution in [1.29, 1.82) is 0 Å². The summed E-state index contributed by atoms with van der Waals surface area (Å²) < 4.78 is 2.29. The van der Waals surface area contributed by atoms with E-state index in [9.17, 15) is 0 Å². The fourth-order valence-electron chi connectivity index (χ4n) is 3.69. The Kier molecular flexibility index (Phi) is 2.63. The van der Waals surface area contributed by atoms with E-state index < -0.39 is 0 Å². The van der Waals surface area contributed by atoms with Crippen molar-refractivity contribution in [3.63, 3.8) is 0 Å². The third-order valence-corrected chi connectivity index (χ3v) is 5.79.